The van der Waals surface area contributed by atoms with Crippen molar-refractivity contribution >= 4 is 22.8 Å². The maximum absolute atomic E-state index is 8.91. The van der Waals surface area contributed by atoms with Crippen molar-refractivity contribution in [2.75, 3.05) is 5.88 Å². The van der Waals surface area contributed by atoms with Crippen molar-refractivity contribution < 1.29 is 0 Å². The monoisotopic (exact) mass is 296 g/mol. The molecule has 0 spiro atoms. The molecule has 0 atom stereocenters. The van der Waals surface area contributed by atoms with E-state index in [1.807, 2.05) is 35.8 Å². The summed E-state index contributed by atoms with van der Waals surface area (Å²) in [7, 11) is 0. The molecule has 1 aromatic carbocycles. The fraction of sp³-hybridized carbons (Fsp3) is 0.188. The Bertz CT molecular complexity index is 828. The number of nitriles is 1. The van der Waals surface area contributed by atoms with Crippen molar-refractivity contribution in [3.8, 4) is 11.8 Å². The molecule has 3 aromatic rings. The van der Waals surface area contributed by atoms with Gasteiger partial charge in [-0.25, -0.2) is 9.97 Å². The molecule has 2 heterocycles. The molecule has 4 nitrogen and oxygen atoms in total. The Morgan fingerprint density at radius 3 is 2.57 bits per heavy atom. The standard InChI is InChI=1S/C16H13ClN4/c1-11-2-7-14-16(19-11)21(15(20-14)8-9-17)13-5-3-12(10-18)4-6-13/h2-7H,8-9H2,1H3. The molecule has 0 unspecified atom stereocenters. The molecule has 3 rings (SSSR count). The predicted molar refractivity (Wildman–Crippen MR) is 82.7 cm³/mol. The van der Waals surface area contributed by atoms with Gasteiger partial charge < -0.3 is 0 Å². The zero-order valence-electron chi connectivity index (χ0n) is 11.5. The van der Waals surface area contributed by atoms with Gasteiger partial charge in [0.25, 0.3) is 0 Å². The number of pyridine rings is 1. The zero-order valence-corrected chi connectivity index (χ0v) is 12.3. The molecule has 2 aromatic heterocycles. The number of aromatic nitrogens is 3. The van der Waals surface area contributed by atoms with E-state index in [0.717, 1.165) is 28.4 Å². The summed E-state index contributed by atoms with van der Waals surface area (Å²) < 4.78 is 2.01. The number of hydrogen-bond donors (Lipinski definition) is 0. The summed E-state index contributed by atoms with van der Waals surface area (Å²) in [4.78, 5) is 9.20. The van der Waals surface area contributed by atoms with Crippen LogP contribution in [0.1, 0.15) is 17.1 Å². The first-order valence-corrected chi connectivity index (χ1v) is 7.18. The van der Waals surface area contributed by atoms with Crippen LogP contribution in [0.3, 0.4) is 0 Å². The molecule has 0 saturated heterocycles. The maximum atomic E-state index is 8.91. The Kier molecular flexibility index (Phi) is 3.59. The number of alkyl halides is 1. The smallest absolute Gasteiger partial charge is 0.164 e. The van der Waals surface area contributed by atoms with E-state index >= 15 is 0 Å². The van der Waals surface area contributed by atoms with Crippen molar-refractivity contribution in [3.63, 3.8) is 0 Å². The topological polar surface area (TPSA) is 54.5 Å². The van der Waals surface area contributed by atoms with E-state index in [2.05, 4.69) is 16.0 Å². The number of nitrogens with zero attached hydrogens (tertiary/aromatic N) is 4. The minimum atomic E-state index is 0.499. The van der Waals surface area contributed by atoms with Gasteiger partial charge in [-0.05, 0) is 43.3 Å². The second-order valence-corrected chi connectivity index (χ2v) is 5.13. The Labute approximate surface area is 127 Å². The second kappa shape index (κ2) is 5.55. The van der Waals surface area contributed by atoms with Crippen LogP contribution in [0.4, 0.5) is 0 Å². The molecule has 0 saturated carbocycles. The van der Waals surface area contributed by atoms with Gasteiger partial charge in [-0.2, -0.15) is 5.26 Å². The zero-order chi connectivity index (χ0) is 14.8. The SMILES string of the molecule is Cc1ccc2nc(CCCl)n(-c3ccc(C#N)cc3)c2n1. The summed E-state index contributed by atoms with van der Waals surface area (Å²) in [6, 6.07) is 13.4. The average molecular weight is 297 g/mol. The fourth-order valence-corrected chi connectivity index (χ4v) is 2.48. The van der Waals surface area contributed by atoms with Crippen LogP contribution in [0.25, 0.3) is 16.9 Å². The van der Waals surface area contributed by atoms with Crippen molar-refractivity contribution in [3.05, 3.63) is 53.5 Å². The van der Waals surface area contributed by atoms with Crippen LogP contribution in [-0.4, -0.2) is 20.4 Å². The summed E-state index contributed by atoms with van der Waals surface area (Å²) in [5, 5.41) is 8.91. The number of hydrogen-bond acceptors (Lipinski definition) is 3. The third-order valence-corrected chi connectivity index (χ3v) is 3.47. The summed E-state index contributed by atoms with van der Waals surface area (Å²) in [6.45, 7) is 1.96. The van der Waals surface area contributed by atoms with E-state index in [1.165, 1.54) is 0 Å². The van der Waals surface area contributed by atoms with Gasteiger partial charge in [-0.15, -0.1) is 11.6 Å². The van der Waals surface area contributed by atoms with E-state index in [0.29, 0.717) is 17.9 Å². The number of benzene rings is 1. The number of aryl methyl sites for hydroxylation is 2. The van der Waals surface area contributed by atoms with Crippen LogP contribution in [-0.2, 0) is 6.42 Å². The van der Waals surface area contributed by atoms with Crippen LogP contribution < -0.4 is 0 Å². The molecule has 0 aliphatic heterocycles. The second-order valence-electron chi connectivity index (χ2n) is 4.76. The third-order valence-electron chi connectivity index (χ3n) is 3.29. The Balaban J connectivity index is 2.24. The molecule has 0 amide bonds. The van der Waals surface area contributed by atoms with E-state index in [4.69, 9.17) is 16.9 Å². The normalized spacial score (nSPS) is 10.7. The van der Waals surface area contributed by atoms with Crippen LogP contribution in [0.2, 0.25) is 0 Å². The molecule has 21 heavy (non-hydrogen) atoms. The van der Waals surface area contributed by atoms with Crippen molar-refractivity contribution in [2.45, 2.75) is 13.3 Å². The quantitative estimate of drug-likeness (QED) is 0.696. The van der Waals surface area contributed by atoms with Crippen molar-refractivity contribution in [1.29, 1.82) is 5.26 Å². The van der Waals surface area contributed by atoms with Gasteiger partial charge in [0.15, 0.2) is 5.65 Å². The van der Waals surface area contributed by atoms with Crippen molar-refractivity contribution in [2.24, 2.45) is 0 Å². The van der Waals surface area contributed by atoms with E-state index < -0.39 is 0 Å². The molecular weight excluding hydrogens is 284 g/mol. The Morgan fingerprint density at radius 1 is 1.14 bits per heavy atom. The molecule has 0 fully saturated rings. The van der Waals surface area contributed by atoms with E-state index in [1.54, 1.807) is 12.1 Å². The molecule has 5 heteroatoms. The lowest BCUT2D eigenvalue weighted by atomic mass is 10.2. The van der Waals surface area contributed by atoms with Crippen LogP contribution >= 0.6 is 11.6 Å². The molecule has 0 bridgehead atoms. The highest BCUT2D eigenvalue weighted by Gasteiger charge is 2.13. The summed E-state index contributed by atoms with van der Waals surface area (Å²) in [6.07, 6.45) is 0.664. The summed E-state index contributed by atoms with van der Waals surface area (Å²) in [5.41, 5.74) is 4.18. The molecular formula is C16H13ClN4. The minimum absolute atomic E-state index is 0.499. The van der Waals surface area contributed by atoms with Crippen LogP contribution in [0.15, 0.2) is 36.4 Å². The third kappa shape index (κ3) is 2.48. The first-order valence-electron chi connectivity index (χ1n) is 6.64. The highest BCUT2D eigenvalue weighted by atomic mass is 35.5. The highest BCUT2D eigenvalue weighted by Crippen LogP contribution is 2.21. The van der Waals surface area contributed by atoms with Gasteiger partial charge in [0.2, 0.25) is 0 Å². The van der Waals surface area contributed by atoms with E-state index in [9.17, 15) is 0 Å². The minimum Gasteiger partial charge on any atom is -0.281 e. The summed E-state index contributed by atoms with van der Waals surface area (Å²) in [5.74, 6) is 1.38. The largest absolute Gasteiger partial charge is 0.281 e. The highest BCUT2D eigenvalue weighted by molar-refractivity contribution is 6.17. The molecule has 104 valence electrons. The van der Waals surface area contributed by atoms with E-state index in [-0.39, 0.29) is 0 Å². The number of halogens is 1. The molecule has 0 radical (unpaired) electrons. The van der Waals surface area contributed by atoms with Gasteiger partial charge in [0, 0.05) is 23.7 Å². The molecule has 0 aliphatic carbocycles. The van der Waals surface area contributed by atoms with Gasteiger partial charge in [-0.1, -0.05) is 0 Å². The van der Waals surface area contributed by atoms with Gasteiger partial charge in [0.1, 0.15) is 11.3 Å². The maximum Gasteiger partial charge on any atom is 0.164 e. The first kappa shape index (κ1) is 13.6. The Morgan fingerprint density at radius 2 is 1.90 bits per heavy atom. The lowest BCUT2D eigenvalue weighted by molar-refractivity contribution is 0.904. The molecule has 0 N–H and O–H groups in total. The van der Waals surface area contributed by atoms with Crippen LogP contribution in [0, 0.1) is 18.3 Å². The number of fused-ring (bicyclic) bond motifs is 1. The molecule has 0 aliphatic rings. The number of imidazole rings is 1. The lowest BCUT2D eigenvalue weighted by Crippen LogP contribution is -2.03. The van der Waals surface area contributed by atoms with Gasteiger partial charge >= 0.3 is 0 Å². The summed E-state index contributed by atoms with van der Waals surface area (Å²) >= 11 is 5.89. The number of rotatable bonds is 3. The average Bonchev–Trinajstić information content (AvgIpc) is 2.85. The fourth-order valence-electron chi connectivity index (χ4n) is 2.31. The first-order chi connectivity index (χ1) is 10.2. The van der Waals surface area contributed by atoms with Gasteiger partial charge in [-0.3, -0.25) is 4.57 Å². The van der Waals surface area contributed by atoms with Crippen molar-refractivity contribution in [1.82, 2.24) is 14.5 Å². The van der Waals surface area contributed by atoms with Gasteiger partial charge in [0.05, 0.1) is 11.6 Å². The lowest BCUT2D eigenvalue weighted by Gasteiger charge is -2.08. The van der Waals surface area contributed by atoms with Crippen LogP contribution in [0.5, 0.6) is 0 Å². The Hall–Kier alpha value is -2.38. The predicted octanol–water partition coefficient (Wildman–Crippen LogP) is 3.38.